The molecule has 0 unspecified atom stereocenters. The molecule has 0 N–H and O–H groups in total. The molecular weight excluding hydrogens is 476 g/mol. The van der Waals surface area contributed by atoms with Crippen LogP contribution in [-0.4, -0.2) is 47.2 Å². The smallest absolute Gasteiger partial charge is 0.373 e. The van der Waals surface area contributed by atoms with Crippen LogP contribution in [0.1, 0.15) is 91.4 Å². The standard InChI is InChI=1S/C28H38N2O7/c1-4-25(33)36-22-8-7-20-19-6-5-17-15-18(11-13-27(17,2)21(19)12-14-28(20,22)3)29-35-16-26(34)37-30-23(31)9-10-24(30)32/h15,19-22H,4-14,16H2,1-3H3/b29-18+/t19-,20+,21+,22+,27-,28-/m0/s1. The summed E-state index contributed by atoms with van der Waals surface area (Å²) < 4.78 is 5.91. The highest BCUT2D eigenvalue weighted by molar-refractivity contribution is 6.01. The summed E-state index contributed by atoms with van der Waals surface area (Å²) in [7, 11) is 0. The second-order valence-electron chi connectivity index (χ2n) is 11.9. The summed E-state index contributed by atoms with van der Waals surface area (Å²) in [4.78, 5) is 57.3. The lowest BCUT2D eigenvalue weighted by Gasteiger charge is -2.58. The highest BCUT2D eigenvalue weighted by atomic mass is 16.7. The Morgan fingerprint density at radius 2 is 1.73 bits per heavy atom. The third kappa shape index (κ3) is 4.59. The van der Waals surface area contributed by atoms with Gasteiger partial charge in [0.2, 0.25) is 6.61 Å². The minimum absolute atomic E-state index is 0.0475. The van der Waals surface area contributed by atoms with Crippen molar-refractivity contribution in [2.24, 2.45) is 33.7 Å². The molecule has 1 saturated heterocycles. The molecule has 5 aliphatic rings. The molecule has 0 radical (unpaired) electrons. The highest BCUT2D eigenvalue weighted by Gasteiger charge is 2.59. The first-order chi connectivity index (χ1) is 17.7. The van der Waals surface area contributed by atoms with Crippen molar-refractivity contribution in [1.82, 2.24) is 5.06 Å². The molecule has 2 amide bonds. The lowest BCUT2D eigenvalue weighted by Crippen LogP contribution is -2.51. The maximum Gasteiger partial charge on any atom is 0.373 e. The van der Waals surface area contributed by atoms with Gasteiger partial charge in [-0.3, -0.25) is 14.4 Å². The summed E-state index contributed by atoms with van der Waals surface area (Å²) in [5.41, 5.74) is 2.42. The number of hydrogen-bond donors (Lipinski definition) is 0. The number of hydroxylamine groups is 2. The van der Waals surface area contributed by atoms with Crippen LogP contribution in [0.25, 0.3) is 0 Å². The minimum atomic E-state index is -0.827. The third-order valence-corrected chi connectivity index (χ3v) is 10.0. The maximum absolute atomic E-state index is 12.0. The van der Waals surface area contributed by atoms with Gasteiger partial charge in [0.25, 0.3) is 11.8 Å². The van der Waals surface area contributed by atoms with Crippen LogP contribution in [-0.2, 0) is 33.6 Å². The number of amides is 2. The molecule has 0 spiro atoms. The zero-order valence-electron chi connectivity index (χ0n) is 22.1. The molecule has 1 aliphatic heterocycles. The fourth-order valence-electron chi connectivity index (χ4n) is 7.98. The summed E-state index contributed by atoms with van der Waals surface area (Å²) in [6.45, 7) is 6.16. The van der Waals surface area contributed by atoms with Gasteiger partial charge in [-0.05, 0) is 80.6 Å². The first-order valence-electron chi connectivity index (χ1n) is 13.8. The number of nitrogens with zero attached hydrogens (tertiary/aromatic N) is 2. The largest absolute Gasteiger partial charge is 0.462 e. The molecule has 4 fully saturated rings. The van der Waals surface area contributed by atoms with Crippen molar-refractivity contribution in [1.29, 1.82) is 0 Å². The van der Waals surface area contributed by atoms with E-state index in [9.17, 15) is 19.2 Å². The van der Waals surface area contributed by atoms with Gasteiger partial charge >= 0.3 is 11.9 Å². The Labute approximate surface area is 217 Å². The van der Waals surface area contributed by atoms with E-state index in [0.717, 1.165) is 57.1 Å². The predicted octanol–water partition coefficient (Wildman–Crippen LogP) is 4.25. The molecule has 0 aromatic carbocycles. The van der Waals surface area contributed by atoms with Crippen molar-refractivity contribution in [3.05, 3.63) is 11.6 Å². The Morgan fingerprint density at radius 3 is 2.46 bits per heavy atom. The van der Waals surface area contributed by atoms with Crippen LogP contribution >= 0.6 is 0 Å². The van der Waals surface area contributed by atoms with Crippen LogP contribution in [0.15, 0.2) is 16.8 Å². The lowest BCUT2D eigenvalue weighted by molar-refractivity contribution is -0.200. The van der Waals surface area contributed by atoms with Crippen LogP contribution in [0.5, 0.6) is 0 Å². The van der Waals surface area contributed by atoms with E-state index in [1.54, 1.807) is 0 Å². The number of fused-ring (bicyclic) bond motifs is 5. The van der Waals surface area contributed by atoms with Gasteiger partial charge in [0.15, 0.2) is 0 Å². The van der Waals surface area contributed by atoms with Crippen molar-refractivity contribution in [3.8, 4) is 0 Å². The van der Waals surface area contributed by atoms with Crippen LogP contribution in [0, 0.1) is 28.6 Å². The lowest BCUT2D eigenvalue weighted by atomic mass is 9.47. The second kappa shape index (κ2) is 9.87. The van der Waals surface area contributed by atoms with Crippen LogP contribution in [0.4, 0.5) is 0 Å². The van der Waals surface area contributed by atoms with Crippen molar-refractivity contribution in [2.45, 2.75) is 97.5 Å². The van der Waals surface area contributed by atoms with Gasteiger partial charge in [-0.25, -0.2) is 4.79 Å². The summed E-state index contributed by atoms with van der Waals surface area (Å²) in [5, 5.41) is 4.69. The van der Waals surface area contributed by atoms with Crippen molar-refractivity contribution in [3.63, 3.8) is 0 Å². The number of oxime groups is 1. The summed E-state index contributed by atoms with van der Waals surface area (Å²) in [6, 6.07) is 0. The van der Waals surface area contributed by atoms with Gasteiger partial charge in [0, 0.05) is 24.7 Å². The number of esters is 1. The number of carbonyl (C=O) groups excluding carboxylic acids is 4. The van der Waals surface area contributed by atoms with Gasteiger partial charge in [-0.15, -0.1) is 5.06 Å². The average Bonchev–Trinajstić information content (AvgIpc) is 3.37. The van der Waals surface area contributed by atoms with Crippen LogP contribution < -0.4 is 0 Å². The Balaban J connectivity index is 1.21. The molecule has 3 saturated carbocycles. The molecular formula is C28H38N2O7. The molecule has 9 nitrogen and oxygen atoms in total. The monoisotopic (exact) mass is 514 g/mol. The number of ether oxygens (including phenoxy) is 1. The molecule has 37 heavy (non-hydrogen) atoms. The average molecular weight is 515 g/mol. The Hall–Kier alpha value is -2.71. The highest BCUT2D eigenvalue weighted by Crippen LogP contribution is 2.65. The first-order valence-corrected chi connectivity index (χ1v) is 13.8. The molecule has 0 bridgehead atoms. The number of allylic oxidation sites excluding steroid dienone is 2. The van der Waals surface area contributed by atoms with Crippen molar-refractivity contribution in [2.75, 3.05) is 6.61 Å². The van der Waals surface area contributed by atoms with Gasteiger partial charge in [0.1, 0.15) is 6.10 Å². The maximum atomic E-state index is 12.0. The van der Waals surface area contributed by atoms with Gasteiger partial charge in [-0.1, -0.05) is 31.5 Å². The molecule has 6 atom stereocenters. The van der Waals surface area contributed by atoms with Gasteiger partial charge < -0.3 is 14.4 Å². The normalized spacial score (nSPS) is 38.0. The number of rotatable bonds is 6. The zero-order chi connectivity index (χ0) is 26.4. The first kappa shape index (κ1) is 25.9. The quantitative estimate of drug-likeness (QED) is 0.296. The van der Waals surface area contributed by atoms with Crippen molar-refractivity contribution < 1.29 is 33.6 Å². The number of carbonyl (C=O) groups is 4. The Morgan fingerprint density at radius 1 is 0.973 bits per heavy atom. The van der Waals surface area contributed by atoms with E-state index in [1.165, 1.54) is 5.57 Å². The van der Waals surface area contributed by atoms with E-state index in [2.05, 4.69) is 25.1 Å². The fraction of sp³-hybridized carbons (Fsp3) is 0.750. The Kier molecular flexibility index (Phi) is 6.92. The molecule has 0 aromatic rings. The molecule has 202 valence electrons. The number of imide groups is 1. The van der Waals surface area contributed by atoms with E-state index >= 15 is 0 Å². The van der Waals surface area contributed by atoms with Gasteiger partial charge in [0.05, 0.1) is 5.71 Å². The summed E-state index contributed by atoms with van der Waals surface area (Å²) in [5.74, 6) is -0.0951. The van der Waals surface area contributed by atoms with E-state index in [0.29, 0.717) is 29.2 Å². The second-order valence-corrected chi connectivity index (χ2v) is 11.9. The third-order valence-electron chi connectivity index (χ3n) is 10.0. The molecule has 9 heteroatoms. The van der Waals surface area contributed by atoms with E-state index in [-0.39, 0.29) is 35.7 Å². The van der Waals surface area contributed by atoms with E-state index in [4.69, 9.17) is 14.4 Å². The van der Waals surface area contributed by atoms with Crippen LogP contribution in [0.2, 0.25) is 0 Å². The molecule has 1 heterocycles. The number of hydrogen-bond acceptors (Lipinski definition) is 8. The summed E-state index contributed by atoms with van der Waals surface area (Å²) in [6.07, 6.45) is 11.0. The van der Waals surface area contributed by atoms with E-state index < -0.39 is 24.4 Å². The topological polar surface area (TPSA) is 112 Å². The van der Waals surface area contributed by atoms with Gasteiger partial charge in [-0.2, -0.15) is 0 Å². The van der Waals surface area contributed by atoms with E-state index in [1.807, 2.05) is 6.92 Å². The van der Waals surface area contributed by atoms with Crippen molar-refractivity contribution >= 4 is 29.5 Å². The zero-order valence-corrected chi connectivity index (χ0v) is 22.1. The predicted molar refractivity (Wildman–Crippen MR) is 132 cm³/mol. The Bertz CT molecular complexity index is 1040. The fourth-order valence-corrected chi connectivity index (χ4v) is 7.98. The summed E-state index contributed by atoms with van der Waals surface area (Å²) >= 11 is 0. The van der Waals surface area contributed by atoms with Crippen LogP contribution in [0.3, 0.4) is 0 Å². The molecule has 5 rings (SSSR count). The molecule has 4 aliphatic carbocycles. The molecule has 0 aromatic heterocycles. The minimum Gasteiger partial charge on any atom is -0.462 e. The SMILES string of the molecule is CCC(=O)O[C@@H]1CC[C@@H]2[C@@H]3CCC4=C/C(=N/OCC(=O)ON5C(=O)CCC5=O)CC[C@]4(C)[C@@H]3CC[C@@]21C.